The predicted molar refractivity (Wildman–Crippen MR) is 93.6 cm³/mol. The number of ether oxygens (including phenoxy) is 3. The minimum Gasteiger partial charge on any atom is -0.479 e. The number of para-hydroxylation sites is 2. The average molecular weight is 365 g/mol. The van der Waals surface area contributed by atoms with Crippen LogP contribution in [-0.2, 0) is 11.3 Å². The van der Waals surface area contributed by atoms with Gasteiger partial charge in [0.15, 0.2) is 17.6 Å². The maximum Gasteiger partial charge on any atom is 0.268 e. The smallest absolute Gasteiger partial charge is 0.268 e. The van der Waals surface area contributed by atoms with Crippen molar-refractivity contribution in [2.45, 2.75) is 19.6 Å². The van der Waals surface area contributed by atoms with Gasteiger partial charge in [-0.3, -0.25) is 9.69 Å². The van der Waals surface area contributed by atoms with Crippen LogP contribution in [0.4, 0.5) is 5.69 Å². The molecule has 3 heterocycles. The quantitative estimate of drug-likeness (QED) is 0.705. The summed E-state index contributed by atoms with van der Waals surface area (Å²) in [5.74, 6) is 2.58. The normalized spacial score (nSPS) is 17.6. The fraction of sp³-hybridized carbons (Fsp3) is 0.211. The number of anilines is 1. The number of aromatic nitrogens is 2. The molecule has 5 rings (SSSR count). The minimum atomic E-state index is -0.573. The first-order valence-corrected chi connectivity index (χ1v) is 8.49. The van der Waals surface area contributed by atoms with Crippen LogP contribution in [0, 0.1) is 0 Å². The van der Waals surface area contributed by atoms with E-state index in [1.165, 1.54) is 0 Å². The molecule has 8 nitrogen and oxygen atoms in total. The Hall–Kier alpha value is -3.55. The van der Waals surface area contributed by atoms with Crippen molar-refractivity contribution in [2.24, 2.45) is 0 Å². The minimum absolute atomic E-state index is 0.156. The number of nitrogens with zero attached hydrogens (tertiary/aromatic N) is 3. The van der Waals surface area contributed by atoms with Gasteiger partial charge in [-0.1, -0.05) is 17.3 Å². The summed E-state index contributed by atoms with van der Waals surface area (Å²) in [7, 11) is 0. The highest BCUT2D eigenvalue weighted by Crippen LogP contribution is 2.36. The number of carbonyl (C=O) groups is 1. The van der Waals surface area contributed by atoms with Gasteiger partial charge in [0.2, 0.25) is 18.5 Å². The topological polar surface area (TPSA) is 86.9 Å². The van der Waals surface area contributed by atoms with Gasteiger partial charge in [0.1, 0.15) is 12.3 Å². The third-order valence-electron chi connectivity index (χ3n) is 4.47. The Morgan fingerprint density at radius 1 is 1.11 bits per heavy atom. The Balaban J connectivity index is 1.43. The lowest BCUT2D eigenvalue weighted by Gasteiger charge is -2.31. The second-order valence-electron chi connectivity index (χ2n) is 6.23. The Morgan fingerprint density at radius 3 is 2.89 bits per heavy atom. The Labute approximate surface area is 154 Å². The number of rotatable bonds is 3. The van der Waals surface area contributed by atoms with Crippen LogP contribution >= 0.6 is 0 Å². The van der Waals surface area contributed by atoms with E-state index < -0.39 is 6.10 Å². The molecule has 0 bridgehead atoms. The molecule has 0 saturated carbocycles. The molecule has 1 aromatic heterocycles. The van der Waals surface area contributed by atoms with E-state index in [-0.39, 0.29) is 19.2 Å². The monoisotopic (exact) mass is 365 g/mol. The van der Waals surface area contributed by atoms with E-state index in [0.717, 1.165) is 5.56 Å². The molecule has 1 amide bonds. The second kappa shape index (κ2) is 6.01. The van der Waals surface area contributed by atoms with Crippen molar-refractivity contribution in [2.75, 3.05) is 11.7 Å². The zero-order valence-electron chi connectivity index (χ0n) is 14.4. The van der Waals surface area contributed by atoms with Gasteiger partial charge in [-0.2, -0.15) is 4.98 Å². The highest BCUT2D eigenvalue weighted by molar-refractivity contribution is 5.99. The van der Waals surface area contributed by atoms with E-state index in [2.05, 4.69) is 10.1 Å². The molecule has 0 saturated heterocycles. The molecule has 0 spiro atoms. The van der Waals surface area contributed by atoms with Crippen LogP contribution in [0.3, 0.4) is 0 Å². The number of hydrogen-bond acceptors (Lipinski definition) is 7. The zero-order chi connectivity index (χ0) is 18.4. The van der Waals surface area contributed by atoms with Crippen LogP contribution in [0.2, 0.25) is 0 Å². The van der Waals surface area contributed by atoms with Gasteiger partial charge in [-0.05, 0) is 37.3 Å². The zero-order valence-corrected chi connectivity index (χ0v) is 14.4. The van der Waals surface area contributed by atoms with Crippen molar-refractivity contribution >= 4 is 11.6 Å². The van der Waals surface area contributed by atoms with Crippen molar-refractivity contribution in [1.29, 1.82) is 0 Å². The summed E-state index contributed by atoms with van der Waals surface area (Å²) in [4.78, 5) is 18.6. The van der Waals surface area contributed by atoms with E-state index in [9.17, 15) is 4.79 Å². The lowest BCUT2D eigenvalue weighted by Crippen LogP contribution is -2.44. The second-order valence-corrected chi connectivity index (χ2v) is 6.23. The van der Waals surface area contributed by atoms with Crippen molar-refractivity contribution in [1.82, 2.24) is 10.1 Å². The standard InChI is InChI=1S/C19H15N3O5/c1-11-19(23)22(13-4-2-3-5-14(13)26-11)9-17-20-18(21-27-17)12-6-7-15-16(8-12)25-10-24-15/h2-8,11H,9-10H2,1H3. The van der Waals surface area contributed by atoms with Gasteiger partial charge >= 0.3 is 0 Å². The fourth-order valence-electron chi connectivity index (χ4n) is 3.13. The number of benzene rings is 2. The molecule has 0 N–H and O–H groups in total. The number of fused-ring (bicyclic) bond motifs is 2. The summed E-state index contributed by atoms with van der Waals surface area (Å²) in [6.45, 7) is 2.09. The van der Waals surface area contributed by atoms with Crippen molar-refractivity contribution in [3.8, 4) is 28.6 Å². The summed E-state index contributed by atoms with van der Waals surface area (Å²) in [5.41, 5.74) is 1.43. The molecule has 1 unspecified atom stereocenters. The molecule has 0 fully saturated rings. The molecule has 0 aliphatic carbocycles. The van der Waals surface area contributed by atoms with Crippen LogP contribution in [0.5, 0.6) is 17.2 Å². The maximum atomic E-state index is 12.6. The SMILES string of the molecule is CC1Oc2ccccc2N(Cc2nc(-c3ccc4c(c3)OCO4)no2)C1=O. The largest absolute Gasteiger partial charge is 0.479 e. The van der Waals surface area contributed by atoms with Gasteiger partial charge in [-0.15, -0.1) is 0 Å². The Bertz CT molecular complexity index is 1030. The van der Waals surface area contributed by atoms with E-state index >= 15 is 0 Å². The molecular weight excluding hydrogens is 350 g/mol. The van der Waals surface area contributed by atoms with Crippen LogP contribution in [-0.4, -0.2) is 28.9 Å². The molecule has 0 radical (unpaired) electrons. The highest BCUT2D eigenvalue weighted by Gasteiger charge is 2.32. The molecule has 1 atom stereocenters. The maximum absolute atomic E-state index is 12.6. The molecule has 3 aromatic rings. The highest BCUT2D eigenvalue weighted by atomic mass is 16.7. The molecule has 2 aliphatic heterocycles. The van der Waals surface area contributed by atoms with Crippen LogP contribution < -0.4 is 19.1 Å². The summed E-state index contributed by atoms with van der Waals surface area (Å²) in [6.07, 6.45) is -0.573. The number of carbonyl (C=O) groups excluding carboxylic acids is 1. The predicted octanol–water partition coefficient (Wildman–Crippen LogP) is 2.78. The molecule has 136 valence electrons. The summed E-state index contributed by atoms with van der Waals surface area (Å²) >= 11 is 0. The van der Waals surface area contributed by atoms with E-state index in [1.54, 1.807) is 24.0 Å². The third-order valence-corrected chi connectivity index (χ3v) is 4.47. The summed E-state index contributed by atoms with van der Waals surface area (Å²) in [6, 6.07) is 12.8. The Kier molecular flexibility index (Phi) is 3.49. The van der Waals surface area contributed by atoms with Crippen LogP contribution in [0.15, 0.2) is 47.0 Å². The summed E-state index contributed by atoms with van der Waals surface area (Å²) < 4.78 is 21.7. The van der Waals surface area contributed by atoms with Crippen LogP contribution in [0.1, 0.15) is 12.8 Å². The van der Waals surface area contributed by atoms with Crippen molar-refractivity contribution < 1.29 is 23.5 Å². The molecular formula is C19H15N3O5. The molecule has 2 aliphatic rings. The van der Waals surface area contributed by atoms with Gasteiger partial charge < -0.3 is 18.7 Å². The van der Waals surface area contributed by atoms with Crippen LogP contribution in [0.25, 0.3) is 11.4 Å². The van der Waals surface area contributed by atoms with Gasteiger partial charge in [0, 0.05) is 5.56 Å². The first-order valence-electron chi connectivity index (χ1n) is 8.49. The molecule has 2 aromatic carbocycles. The number of amides is 1. The molecule has 8 heteroatoms. The lowest BCUT2D eigenvalue weighted by molar-refractivity contribution is -0.125. The molecule has 27 heavy (non-hydrogen) atoms. The lowest BCUT2D eigenvalue weighted by atomic mass is 10.2. The Morgan fingerprint density at radius 2 is 1.96 bits per heavy atom. The fourth-order valence-corrected chi connectivity index (χ4v) is 3.13. The van der Waals surface area contributed by atoms with Gasteiger partial charge in [-0.25, -0.2) is 0 Å². The van der Waals surface area contributed by atoms with E-state index in [1.807, 2.05) is 30.3 Å². The van der Waals surface area contributed by atoms with Crippen molar-refractivity contribution in [3.63, 3.8) is 0 Å². The third kappa shape index (κ3) is 2.66. The number of hydrogen-bond donors (Lipinski definition) is 0. The first-order chi connectivity index (χ1) is 13.2. The van der Waals surface area contributed by atoms with E-state index in [0.29, 0.717) is 34.7 Å². The summed E-state index contributed by atoms with van der Waals surface area (Å²) in [5, 5.41) is 4.03. The first kappa shape index (κ1) is 15.7. The van der Waals surface area contributed by atoms with Crippen molar-refractivity contribution in [3.05, 3.63) is 48.4 Å². The van der Waals surface area contributed by atoms with Gasteiger partial charge in [0.25, 0.3) is 5.91 Å². The van der Waals surface area contributed by atoms with Gasteiger partial charge in [0.05, 0.1) is 5.69 Å². The van der Waals surface area contributed by atoms with E-state index in [4.69, 9.17) is 18.7 Å². The average Bonchev–Trinajstić information content (AvgIpc) is 3.34.